The van der Waals surface area contributed by atoms with Crippen molar-refractivity contribution in [2.75, 3.05) is 0 Å². The van der Waals surface area contributed by atoms with Gasteiger partial charge in [0.05, 0.1) is 5.56 Å². The van der Waals surface area contributed by atoms with Crippen molar-refractivity contribution in [3.8, 4) is 5.75 Å². The van der Waals surface area contributed by atoms with E-state index >= 15 is 0 Å². The van der Waals surface area contributed by atoms with Gasteiger partial charge < -0.3 is 4.18 Å². The molecule has 0 aliphatic carbocycles. The molecule has 0 unspecified atom stereocenters. The minimum atomic E-state index is -5.79. The van der Waals surface area contributed by atoms with E-state index in [-0.39, 0.29) is 17.4 Å². The summed E-state index contributed by atoms with van der Waals surface area (Å²) in [6, 6.07) is 1.27. The van der Waals surface area contributed by atoms with E-state index in [2.05, 4.69) is 4.18 Å². The van der Waals surface area contributed by atoms with Crippen LogP contribution in [0.2, 0.25) is 0 Å². The molecule has 1 rings (SSSR count). The molecule has 19 heavy (non-hydrogen) atoms. The fraction of sp³-hybridized carbons (Fsp3) is 0.364. The van der Waals surface area contributed by atoms with Crippen LogP contribution in [-0.4, -0.2) is 20.2 Å². The quantitative estimate of drug-likeness (QED) is 0.489. The van der Waals surface area contributed by atoms with Crippen LogP contribution in [0.15, 0.2) is 6.07 Å². The molecule has 0 amide bonds. The zero-order valence-electron chi connectivity index (χ0n) is 10.3. The van der Waals surface area contributed by atoms with Crippen molar-refractivity contribution in [1.82, 2.24) is 0 Å². The van der Waals surface area contributed by atoms with Crippen molar-refractivity contribution in [2.45, 2.75) is 26.3 Å². The average Bonchev–Trinajstić information content (AvgIpc) is 2.28. The summed E-state index contributed by atoms with van der Waals surface area (Å²) in [6.07, 6.45) is 0.251. The fourth-order valence-electron chi connectivity index (χ4n) is 1.44. The van der Waals surface area contributed by atoms with E-state index in [1.54, 1.807) is 13.8 Å². The highest BCUT2D eigenvalue weighted by Crippen LogP contribution is 2.33. The Hall–Kier alpha value is -1.57. The number of benzene rings is 1. The Morgan fingerprint density at radius 3 is 2.11 bits per heavy atom. The third kappa shape index (κ3) is 2.89. The van der Waals surface area contributed by atoms with E-state index in [9.17, 15) is 26.4 Å². The van der Waals surface area contributed by atoms with Gasteiger partial charge in [0.15, 0.2) is 12.0 Å². The van der Waals surface area contributed by atoms with Crippen LogP contribution in [-0.2, 0) is 10.1 Å². The second-order valence-electron chi connectivity index (χ2n) is 3.96. The van der Waals surface area contributed by atoms with Crippen molar-refractivity contribution in [1.29, 1.82) is 0 Å². The Bertz CT molecular complexity index is 618. The topological polar surface area (TPSA) is 60.4 Å². The van der Waals surface area contributed by atoms with Crippen LogP contribution < -0.4 is 4.18 Å². The lowest BCUT2D eigenvalue weighted by molar-refractivity contribution is -0.0500. The van der Waals surface area contributed by atoms with Crippen LogP contribution in [0.1, 0.15) is 27.0 Å². The molecule has 4 nitrogen and oxygen atoms in total. The third-order valence-corrected chi connectivity index (χ3v) is 3.69. The Morgan fingerprint density at radius 2 is 1.68 bits per heavy atom. The summed E-state index contributed by atoms with van der Waals surface area (Å²) in [5, 5.41) is 0. The predicted octanol–water partition coefficient (Wildman–Crippen LogP) is 2.65. The van der Waals surface area contributed by atoms with E-state index in [4.69, 9.17) is 0 Å². The molecule has 0 aliphatic heterocycles. The van der Waals surface area contributed by atoms with Crippen LogP contribution in [0, 0.1) is 20.8 Å². The lowest BCUT2D eigenvalue weighted by atomic mass is 10.00. The molecule has 0 radical (unpaired) electrons. The first-order chi connectivity index (χ1) is 8.51. The molecule has 0 aliphatic rings. The maximum Gasteiger partial charge on any atom is 0.534 e. The molecule has 0 fully saturated rings. The maximum atomic E-state index is 12.3. The van der Waals surface area contributed by atoms with Gasteiger partial charge in [-0.2, -0.15) is 21.6 Å². The van der Waals surface area contributed by atoms with E-state index in [0.717, 1.165) is 0 Å². The Balaban J connectivity index is 3.45. The molecule has 0 aromatic heterocycles. The summed E-state index contributed by atoms with van der Waals surface area (Å²) in [4.78, 5) is 10.8. The van der Waals surface area contributed by atoms with Crippen molar-refractivity contribution < 1.29 is 30.6 Å². The Labute approximate surface area is 108 Å². The number of rotatable bonds is 3. The highest BCUT2D eigenvalue weighted by Gasteiger charge is 2.49. The third-order valence-electron chi connectivity index (χ3n) is 2.73. The van der Waals surface area contributed by atoms with Gasteiger partial charge in [0.25, 0.3) is 0 Å². The fourth-order valence-corrected chi connectivity index (χ4v) is 1.98. The lowest BCUT2D eigenvalue weighted by Gasteiger charge is -2.15. The number of hydrogen-bond acceptors (Lipinski definition) is 4. The molecule has 0 heterocycles. The van der Waals surface area contributed by atoms with Crippen molar-refractivity contribution in [3.05, 3.63) is 28.3 Å². The van der Waals surface area contributed by atoms with Gasteiger partial charge in [0.2, 0.25) is 0 Å². The van der Waals surface area contributed by atoms with Gasteiger partial charge >= 0.3 is 15.6 Å². The molecule has 0 bridgehead atoms. The first-order valence-electron chi connectivity index (χ1n) is 5.08. The minimum Gasteiger partial charge on any atom is -0.375 e. The minimum absolute atomic E-state index is 0.176. The number of halogens is 3. The number of hydrogen-bond donors (Lipinski definition) is 0. The monoisotopic (exact) mass is 296 g/mol. The molecular weight excluding hydrogens is 285 g/mol. The van der Waals surface area contributed by atoms with Crippen LogP contribution >= 0.6 is 0 Å². The van der Waals surface area contributed by atoms with Gasteiger partial charge in [-0.1, -0.05) is 0 Å². The number of carbonyl (C=O) groups is 1. The highest BCUT2D eigenvalue weighted by atomic mass is 32.2. The second kappa shape index (κ2) is 4.84. The normalized spacial score (nSPS) is 12.3. The summed E-state index contributed by atoms with van der Waals surface area (Å²) < 4.78 is 62.8. The molecule has 0 spiro atoms. The smallest absolute Gasteiger partial charge is 0.375 e. The first-order valence-corrected chi connectivity index (χ1v) is 6.49. The lowest BCUT2D eigenvalue weighted by Crippen LogP contribution is -2.28. The van der Waals surface area contributed by atoms with Gasteiger partial charge in [-0.05, 0) is 43.5 Å². The number of aldehydes is 1. The highest BCUT2D eigenvalue weighted by molar-refractivity contribution is 7.88. The van der Waals surface area contributed by atoms with Crippen molar-refractivity contribution in [3.63, 3.8) is 0 Å². The van der Waals surface area contributed by atoms with Crippen LogP contribution in [0.5, 0.6) is 5.75 Å². The molecule has 0 saturated heterocycles. The van der Waals surface area contributed by atoms with Gasteiger partial charge in [-0.15, -0.1) is 0 Å². The van der Waals surface area contributed by atoms with E-state index in [1.807, 2.05) is 0 Å². The second-order valence-corrected chi connectivity index (χ2v) is 5.50. The summed E-state index contributed by atoms with van der Waals surface area (Å²) in [5.74, 6) is -0.588. The molecule has 1 aromatic carbocycles. The number of carbonyl (C=O) groups excluding carboxylic acids is 1. The molecule has 0 N–H and O–H groups in total. The van der Waals surface area contributed by atoms with Crippen LogP contribution in [0.25, 0.3) is 0 Å². The van der Waals surface area contributed by atoms with Crippen LogP contribution in [0.3, 0.4) is 0 Å². The zero-order valence-corrected chi connectivity index (χ0v) is 11.1. The summed E-state index contributed by atoms with van der Waals surface area (Å²) in [7, 11) is -5.79. The summed E-state index contributed by atoms with van der Waals surface area (Å²) >= 11 is 0. The molecule has 106 valence electrons. The molecule has 1 aromatic rings. The number of alkyl halides is 3. The molecule has 0 saturated carbocycles. The standard InChI is InChI=1S/C11H11F3O4S/c1-6-4-9(5-15)10(8(3)7(6)2)18-19(16,17)11(12,13)14/h4-5H,1-3H3. The van der Waals surface area contributed by atoms with Gasteiger partial charge in [0, 0.05) is 0 Å². The Kier molecular flexibility index (Phi) is 3.94. The summed E-state index contributed by atoms with van der Waals surface area (Å²) in [6.45, 7) is 4.63. The average molecular weight is 296 g/mol. The largest absolute Gasteiger partial charge is 0.534 e. The van der Waals surface area contributed by atoms with Gasteiger partial charge in [-0.25, -0.2) is 0 Å². The van der Waals surface area contributed by atoms with Gasteiger partial charge in [0.1, 0.15) is 0 Å². The SMILES string of the molecule is Cc1cc(C=O)c(OS(=O)(=O)C(F)(F)F)c(C)c1C. The zero-order chi connectivity index (χ0) is 15.0. The summed E-state index contributed by atoms with van der Waals surface area (Å²) in [5.41, 5.74) is -4.41. The molecular formula is C11H11F3O4S. The van der Waals surface area contributed by atoms with Crippen molar-refractivity contribution in [2.24, 2.45) is 0 Å². The maximum absolute atomic E-state index is 12.3. The van der Waals surface area contributed by atoms with Crippen LogP contribution in [0.4, 0.5) is 13.2 Å². The number of aryl methyl sites for hydroxylation is 1. The predicted molar refractivity (Wildman–Crippen MR) is 61.6 cm³/mol. The molecule has 8 heteroatoms. The van der Waals surface area contributed by atoms with E-state index in [1.165, 1.54) is 13.0 Å². The van der Waals surface area contributed by atoms with Gasteiger partial charge in [-0.3, -0.25) is 4.79 Å². The van der Waals surface area contributed by atoms with Crippen molar-refractivity contribution >= 4 is 16.4 Å². The van der Waals surface area contributed by atoms with E-state index < -0.39 is 21.4 Å². The first kappa shape index (κ1) is 15.5. The van der Waals surface area contributed by atoms with E-state index in [0.29, 0.717) is 11.1 Å². The molecule has 0 atom stereocenters. The Morgan fingerprint density at radius 1 is 1.16 bits per heavy atom.